The van der Waals surface area contributed by atoms with Crippen LogP contribution in [0.1, 0.15) is 41.5 Å². The van der Waals surface area contributed by atoms with Crippen molar-refractivity contribution in [3.63, 3.8) is 0 Å². The normalized spacial score (nSPS) is 13.9. The van der Waals surface area contributed by atoms with E-state index in [2.05, 4.69) is 9.73 Å². The second-order valence-corrected chi connectivity index (χ2v) is 3.93. The molecule has 0 amide bonds. The van der Waals surface area contributed by atoms with Crippen molar-refractivity contribution in [1.82, 2.24) is 0 Å². The zero-order valence-corrected chi connectivity index (χ0v) is 13.1. The van der Waals surface area contributed by atoms with Crippen LogP contribution in [-0.4, -0.2) is 24.9 Å². The van der Waals surface area contributed by atoms with Crippen molar-refractivity contribution in [2.45, 2.75) is 20.8 Å². The van der Waals surface area contributed by atoms with Crippen LogP contribution in [0.4, 0.5) is 0 Å². The zero-order chi connectivity index (χ0) is 16.5. The molecule has 1 aliphatic rings. The number of nitrogens with zero attached hydrogens (tertiary/aromatic N) is 1. The van der Waals surface area contributed by atoms with Gasteiger partial charge in [-0.15, -0.1) is 0 Å². The van der Waals surface area contributed by atoms with Gasteiger partial charge in [0.25, 0.3) is 0 Å². The smallest absolute Gasteiger partial charge is 0.347 e. The highest BCUT2D eigenvalue weighted by Gasteiger charge is 2.29. The largest absolute Gasteiger partial charge is 0.439 e. The first-order chi connectivity index (χ1) is 10.7. The van der Waals surface area contributed by atoms with E-state index in [1.165, 1.54) is 12.1 Å². The highest BCUT2D eigenvalue weighted by Crippen LogP contribution is 2.24. The Labute approximate surface area is 130 Å². The van der Waals surface area contributed by atoms with Crippen LogP contribution >= 0.6 is 0 Å². The number of benzene rings is 1. The maximum Gasteiger partial charge on any atom is 0.347 e. The second kappa shape index (κ2) is 8.56. The summed E-state index contributed by atoms with van der Waals surface area (Å²) in [6, 6.07) is 4.56. The van der Waals surface area contributed by atoms with Gasteiger partial charge < -0.3 is 9.47 Å². The lowest BCUT2D eigenvalue weighted by Gasteiger charge is -2.05. The van der Waals surface area contributed by atoms with E-state index in [1.807, 2.05) is 32.9 Å². The van der Waals surface area contributed by atoms with Crippen molar-refractivity contribution in [2.24, 2.45) is 4.99 Å². The first-order valence-corrected chi connectivity index (χ1v) is 7.00. The fraction of sp³-hybridized carbons (Fsp3) is 0.235. The molecule has 1 heterocycles. The molecule has 5 heteroatoms. The van der Waals surface area contributed by atoms with Gasteiger partial charge in [-0.2, -0.15) is 0 Å². The third-order valence-corrected chi connectivity index (χ3v) is 2.60. The number of fused-ring (bicyclic) bond motifs is 1. The van der Waals surface area contributed by atoms with Crippen LogP contribution in [0.25, 0.3) is 0 Å². The monoisotopic (exact) mass is 301 g/mol. The zero-order valence-electron chi connectivity index (χ0n) is 13.1. The van der Waals surface area contributed by atoms with Gasteiger partial charge in [0.05, 0.1) is 11.1 Å². The van der Waals surface area contributed by atoms with Gasteiger partial charge in [0.15, 0.2) is 0 Å². The molecular formula is C17H19NO4. The van der Waals surface area contributed by atoms with E-state index in [-0.39, 0.29) is 11.1 Å². The predicted molar refractivity (Wildman–Crippen MR) is 85.5 cm³/mol. The van der Waals surface area contributed by atoms with Gasteiger partial charge in [0.2, 0.25) is 5.90 Å². The van der Waals surface area contributed by atoms with Crippen LogP contribution in [0.2, 0.25) is 0 Å². The lowest BCUT2D eigenvalue weighted by atomic mass is 10.1. The Kier molecular flexibility index (Phi) is 6.76. The summed E-state index contributed by atoms with van der Waals surface area (Å²) in [7, 11) is 1.60. The molecule has 0 aromatic heterocycles. The average molecular weight is 301 g/mol. The minimum absolute atomic E-state index is 0.209. The van der Waals surface area contributed by atoms with Gasteiger partial charge in [-0.25, -0.2) is 9.59 Å². The van der Waals surface area contributed by atoms with E-state index in [0.29, 0.717) is 11.6 Å². The molecule has 0 bridgehead atoms. The maximum atomic E-state index is 11.4. The van der Waals surface area contributed by atoms with Crippen molar-refractivity contribution in [2.75, 3.05) is 7.05 Å². The van der Waals surface area contributed by atoms with Crippen LogP contribution < -0.4 is 4.74 Å². The molecule has 1 aromatic rings. The van der Waals surface area contributed by atoms with Crippen LogP contribution in [0.3, 0.4) is 0 Å². The highest BCUT2D eigenvalue weighted by atomic mass is 16.6. The van der Waals surface area contributed by atoms with E-state index in [0.717, 1.165) is 0 Å². The maximum absolute atomic E-state index is 11.4. The summed E-state index contributed by atoms with van der Waals surface area (Å²) >= 11 is 0. The Balaban J connectivity index is 0.00000116. The number of hydrogen-bond donors (Lipinski definition) is 0. The van der Waals surface area contributed by atoms with Gasteiger partial charge in [-0.3, -0.25) is 4.99 Å². The molecule has 0 radical (unpaired) electrons. The summed E-state index contributed by atoms with van der Waals surface area (Å²) in [4.78, 5) is 26.7. The lowest BCUT2D eigenvalue weighted by molar-refractivity contribution is 0.0443. The molecule has 0 fully saturated rings. The number of cyclic esters (lactones) is 2. The SMILES string of the molecule is C/C=C\C=C/C(=NC)Oc1ccc2c(c1)C(=O)OC2=O.CC. The highest BCUT2D eigenvalue weighted by molar-refractivity contribution is 6.14. The van der Waals surface area contributed by atoms with Crippen molar-refractivity contribution >= 4 is 17.8 Å². The van der Waals surface area contributed by atoms with Crippen LogP contribution in [0, 0.1) is 0 Å². The molecule has 5 nitrogen and oxygen atoms in total. The van der Waals surface area contributed by atoms with E-state index >= 15 is 0 Å². The van der Waals surface area contributed by atoms with Gasteiger partial charge >= 0.3 is 11.9 Å². The van der Waals surface area contributed by atoms with E-state index in [4.69, 9.17) is 4.74 Å². The summed E-state index contributed by atoms with van der Waals surface area (Å²) < 4.78 is 10.0. The van der Waals surface area contributed by atoms with Crippen molar-refractivity contribution in [3.05, 3.63) is 53.6 Å². The number of esters is 2. The van der Waals surface area contributed by atoms with Crippen molar-refractivity contribution < 1.29 is 19.1 Å². The van der Waals surface area contributed by atoms with Crippen LogP contribution in [-0.2, 0) is 4.74 Å². The molecule has 1 aromatic carbocycles. The number of carbonyl (C=O) groups excluding carboxylic acids is 2. The van der Waals surface area contributed by atoms with Crippen LogP contribution in [0.5, 0.6) is 5.75 Å². The molecule has 0 saturated carbocycles. The van der Waals surface area contributed by atoms with E-state index in [9.17, 15) is 9.59 Å². The average Bonchev–Trinajstić information content (AvgIpc) is 2.83. The first kappa shape index (κ1) is 17.4. The third-order valence-electron chi connectivity index (χ3n) is 2.60. The molecule has 0 aliphatic carbocycles. The van der Waals surface area contributed by atoms with Gasteiger partial charge in [0, 0.05) is 13.1 Å². The molecular weight excluding hydrogens is 282 g/mol. The Hall–Kier alpha value is -2.69. The topological polar surface area (TPSA) is 65.0 Å². The standard InChI is InChI=1S/C15H13NO4.C2H6/c1-3-4-5-6-13(16-2)19-10-7-8-11-12(9-10)15(18)20-14(11)17;1-2/h3-9H,1-2H3;1-2H3/b4-3-,6-5-,16-13?;. The summed E-state index contributed by atoms with van der Waals surface area (Å²) in [5, 5.41) is 0. The fourth-order valence-corrected chi connectivity index (χ4v) is 1.65. The van der Waals surface area contributed by atoms with Gasteiger partial charge in [-0.05, 0) is 25.1 Å². The van der Waals surface area contributed by atoms with E-state index in [1.54, 1.807) is 25.3 Å². The summed E-state index contributed by atoms with van der Waals surface area (Å²) in [5.74, 6) is -0.481. The number of allylic oxidation sites excluding steroid dienone is 3. The Morgan fingerprint density at radius 3 is 2.45 bits per heavy atom. The molecule has 0 spiro atoms. The molecule has 0 saturated heterocycles. The number of ether oxygens (including phenoxy) is 2. The van der Waals surface area contributed by atoms with Gasteiger partial charge in [0.1, 0.15) is 5.75 Å². The quantitative estimate of drug-likeness (QED) is 0.281. The Morgan fingerprint density at radius 1 is 1.14 bits per heavy atom. The Morgan fingerprint density at radius 2 is 1.82 bits per heavy atom. The number of hydrogen-bond acceptors (Lipinski definition) is 5. The lowest BCUT2D eigenvalue weighted by Crippen LogP contribution is -2.05. The number of rotatable bonds is 3. The third kappa shape index (κ3) is 4.15. The molecule has 2 rings (SSSR count). The minimum atomic E-state index is -0.658. The number of aliphatic imine (C=N–C) groups is 1. The van der Waals surface area contributed by atoms with E-state index < -0.39 is 11.9 Å². The van der Waals surface area contributed by atoms with Crippen LogP contribution in [0.15, 0.2) is 47.5 Å². The molecule has 0 N–H and O–H groups in total. The number of carbonyl (C=O) groups is 2. The molecule has 116 valence electrons. The minimum Gasteiger partial charge on any atom is -0.439 e. The fourth-order valence-electron chi connectivity index (χ4n) is 1.65. The van der Waals surface area contributed by atoms with Crippen molar-refractivity contribution in [3.8, 4) is 5.75 Å². The summed E-state index contributed by atoms with van der Waals surface area (Å²) in [6.07, 6.45) is 7.19. The summed E-state index contributed by atoms with van der Waals surface area (Å²) in [5.41, 5.74) is 0.460. The second-order valence-electron chi connectivity index (χ2n) is 3.93. The molecule has 0 atom stereocenters. The van der Waals surface area contributed by atoms with Crippen molar-refractivity contribution in [1.29, 1.82) is 0 Å². The first-order valence-electron chi connectivity index (χ1n) is 7.00. The molecule has 22 heavy (non-hydrogen) atoms. The Bertz CT molecular complexity index is 642. The predicted octanol–water partition coefficient (Wildman–Crippen LogP) is 3.56. The molecule has 0 unspecified atom stereocenters. The summed E-state index contributed by atoms with van der Waals surface area (Å²) in [6.45, 7) is 5.90. The van der Waals surface area contributed by atoms with Gasteiger partial charge in [-0.1, -0.05) is 32.1 Å². The molecule has 1 aliphatic heterocycles.